The minimum absolute atomic E-state index is 0.184. The van der Waals surface area contributed by atoms with E-state index >= 15 is 0 Å². The van der Waals surface area contributed by atoms with Crippen molar-refractivity contribution in [3.8, 4) is 16.9 Å². The van der Waals surface area contributed by atoms with Crippen LogP contribution in [0.2, 0.25) is 10.0 Å². The number of methoxy groups -OCH3 is 1. The number of pyridine rings is 1. The lowest BCUT2D eigenvalue weighted by Crippen LogP contribution is -2.43. The Morgan fingerprint density at radius 3 is 2.32 bits per heavy atom. The molecular formula is C32H43Cl2N7O3. The van der Waals surface area contributed by atoms with E-state index < -0.39 is 11.6 Å². The number of anilines is 2. The molecule has 44 heavy (non-hydrogen) atoms. The molecule has 0 spiro atoms. The fourth-order valence-electron chi connectivity index (χ4n) is 4.72. The van der Waals surface area contributed by atoms with Crippen LogP contribution in [0.1, 0.15) is 59.9 Å². The summed E-state index contributed by atoms with van der Waals surface area (Å²) in [6, 6.07) is 3.10. The summed E-state index contributed by atoms with van der Waals surface area (Å²) in [5.74, 6) is 0.512. The minimum atomic E-state index is -0.506. The van der Waals surface area contributed by atoms with Crippen molar-refractivity contribution >= 4 is 57.9 Å². The zero-order valence-electron chi connectivity index (χ0n) is 26.7. The summed E-state index contributed by atoms with van der Waals surface area (Å²) in [4.78, 5) is 43.6. The molecule has 3 aromatic rings. The highest BCUT2D eigenvalue weighted by atomic mass is 35.5. The summed E-state index contributed by atoms with van der Waals surface area (Å²) in [5, 5.41) is 7.00. The van der Waals surface area contributed by atoms with Crippen LogP contribution in [0, 0.1) is 0 Å². The number of nitrogens with zero attached hydrogens (tertiary/aromatic N) is 5. The number of ether oxygens (including phenoxy) is 1. The Balaban J connectivity index is 2.14. The fourth-order valence-corrected chi connectivity index (χ4v) is 5.48. The van der Waals surface area contributed by atoms with Crippen molar-refractivity contribution in [2.24, 2.45) is 0 Å². The van der Waals surface area contributed by atoms with Crippen LogP contribution >= 0.6 is 23.2 Å². The molecule has 2 N–H and O–H groups in total. The Kier molecular flexibility index (Phi) is 12.3. The molecule has 12 heteroatoms. The van der Waals surface area contributed by atoms with Crippen LogP contribution in [0.3, 0.4) is 0 Å². The number of benzene rings is 1. The van der Waals surface area contributed by atoms with E-state index in [1.165, 1.54) is 18.1 Å². The number of unbranched alkanes of at least 4 members (excludes halogenated alkanes) is 1. The molecule has 3 amide bonds. The van der Waals surface area contributed by atoms with Gasteiger partial charge in [-0.15, -0.1) is 0 Å². The quantitative estimate of drug-likeness (QED) is 0.150. The number of aryl methyl sites for hydroxylation is 1. The monoisotopic (exact) mass is 643 g/mol. The van der Waals surface area contributed by atoms with Crippen LogP contribution in [0.25, 0.3) is 22.2 Å². The number of carbonyl (C=O) groups is 2. The Morgan fingerprint density at radius 1 is 1.05 bits per heavy atom. The van der Waals surface area contributed by atoms with Gasteiger partial charge in [-0.05, 0) is 83.4 Å². The zero-order chi connectivity index (χ0) is 32.6. The van der Waals surface area contributed by atoms with Crippen molar-refractivity contribution in [2.45, 2.75) is 66.3 Å². The Hall–Kier alpha value is -3.47. The summed E-state index contributed by atoms with van der Waals surface area (Å²) >= 11 is 13.7. The Bertz CT molecular complexity index is 1480. The maximum absolute atomic E-state index is 13.1. The van der Waals surface area contributed by atoms with Gasteiger partial charge >= 0.3 is 6.03 Å². The summed E-state index contributed by atoms with van der Waals surface area (Å²) in [7, 11) is 1.53. The van der Waals surface area contributed by atoms with E-state index in [9.17, 15) is 9.59 Å². The maximum atomic E-state index is 13.1. The number of urea groups is 1. The highest BCUT2D eigenvalue weighted by Gasteiger charge is 2.24. The second kappa shape index (κ2) is 15.5. The van der Waals surface area contributed by atoms with Gasteiger partial charge in [0.2, 0.25) is 5.95 Å². The predicted molar refractivity (Wildman–Crippen MR) is 180 cm³/mol. The number of aromatic nitrogens is 3. The number of nitrogens with one attached hydrogen (secondary N) is 2. The number of amides is 3. The first-order valence-corrected chi connectivity index (χ1v) is 15.6. The third-order valence-electron chi connectivity index (χ3n) is 7.07. The lowest BCUT2D eigenvalue weighted by molar-refractivity contribution is -0.114. The molecule has 238 valence electrons. The largest absolute Gasteiger partial charge is 0.495 e. The van der Waals surface area contributed by atoms with Gasteiger partial charge in [0.05, 0.1) is 17.2 Å². The normalized spacial score (nSPS) is 11.5. The van der Waals surface area contributed by atoms with Gasteiger partial charge in [0, 0.05) is 34.8 Å². The van der Waals surface area contributed by atoms with E-state index in [0.717, 1.165) is 38.0 Å². The highest BCUT2D eigenvalue weighted by molar-refractivity contribution is 6.41. The maximum Gasteiger partial charge on any atom is 0.320 e. The number of carbonyl (C=O) groups excluding carboxylic acids is 2. The lowest BCUT2D eigenvalue weighted by atomic mass is 10.00. The summed E-state index contributed by atoms with van der Waals surface area (Å²) in [6.07, 6.45) is 5.14. The molecule has 0 aliphatic rings. The molecule has 0 aliphatic carbocycles. The average molecular weight is 645 g/mol. The average Bonchev–Trinajstić information content (AvgIpc) is 2.98. The first kappa shape index (κ1) is 35.0. The van der Waals surface area contributed by atoms with Gasteiger partial charge in [0.1, 0.15) is 11.6 Å². The highest BCUT2D eigenvalue weighted by Crippen LogP contribution is 2.45. The molecule has 2 aromatic heterocycles. The second-order valence-corrected chi connectivity index (χ2v) is 12.1. The van der Waals surface area contributed by atoms with Crippen molar-refractivity contribution in [1.82, 2.24) is 25.2 Å². The SMILES string of the molecule is C=CC(=O)N(CCCCN(CC)CC)c1ncc2cc(-c3c(Cl)c(CC)cc(OC)c3Cl)c(NC(=O)NC(C)(C)C)nc2n1. The van der Waals surface area contributed by atoms with Crippen LogP contribution in [-0.2, 0) is 11.2 Å². The summed E-state index contributed by atoms with van der Waals surface area (Å²) in [5.41, 5.74) is 1.52. The van der Waals surface area contributed by atoms with E-state index in [0.29, 0.717) is 40.3 Å². The topological polar surface area (TPSA) is 113 Å². The van der Waals surface area contributed by atoms with Gasteiger partial charge in [-0.1, -0.05) is 50.6 Å². The van der Waals surface area contributed by atoms with Crippen LogP contribution in [0.15, 0.2) is 31.0 Å². The summed E-state index contributed by atoms with van der Waals surface area (Å²) in [6.45, 7) is 18.8. The van der Waals surface area contributed by atoms with E-state index in [1.54, 1.807) is 18.3 Å². The van der Waals surface area contributed by atoms with Gasteiger partial charge in [0.15, 0.2) is 5.65 Å². The van der Waals surface area contributed by atoms with Crippen LogP contribution < -0.4 is 20.3 Å². The molecule has 10 nitrogen and oxygen atoms in total. The Morgan fingerprint density at radius 2 is 1.73 bits per heavy atom. The molecule has 2 heterocycles. The predicted octanol–water partition coefficient (Wildman–Crippen LogP) is 7.13. The van der Waals surface area contributed by atoms with E-state index in [-0.39, 0.29) is 28.3 Å². The third-order valence-corrected chi connectivity index (χ3v) is 7.88. The lowest BCUT2D eigenvalue weighted by Gasteiger charge is -2.23. The molecule has 0 fully saturated rings. The van der Waals surface area contributed by atoms with Gasteiger partial charge in [-0.3, -0.25) is 15.0 Å². The van der Waals surface area contributed by atoms with Crippen molar-refractivity contribution in [3.05, 3.63) is 46.6 Å². The van der Waals surface area contributed by atoms with Crippen molar-refractivity contribution in [1.29, 1.82) is 0 Å². The van der Waals surface area contributed by atoms with E-state index in [2.05, 4.69) is 45.9 Å². The molecule has 0 aliphatic heterocycles. The van der Waals surface area contributed by atoms with Crippen LogP contribution in [0.4, 0.5) is 16.6 Å². The molecular weight excluding hydrogens is 601 g/mol. The molecule has 0 atom stereocenters. The van der Waals surface area contributed by atoms with Gasteiger partial charge in [0.25, 0.3) is 5.91 Å². The minimum Gasteiger partial charge on any atom is -0.495 e. The number of rotatable bonds is 13. The van der Waals surface area contributed by atoms with Crippen molar-refractivity contribution in [2.75, 3.05) is 43.5 Å². The molecule has 0 radical (unpaired) electrons. The fraction of sp³-hybridized carbons (Fsp3) is 0.469. The van der Waals surface area contributed by atoms with Crippen LogP contribution in [-0.4, -0.2) is 70.6 Å². The van der Waals surface area contributed by atoms with Crippen molar-refractivity contribution < 1.29 is 14.3 Å². The number of fused-ring (bicyclic) bond motifs is 1. The second-order valence-electron chi connectivity index (χ2n) is 11.3. The van der Waals surface area contributed by atoms with Gasteiger partial charge < -0.3 is 15.0 Å². The number of hydrogen-bond donors (Lipinski definition) is 2. The molecule has 0 saturated heterocycles. The zero-order valence-corrected chi connectivity index (χ0v) is 28.2. The van der Waals surface area contributed by atoms with Gasteiger partial charge in [-0.25, -0.2) is 14.8 Å². The number of hydrogen-bond acceptors (Lipinski definition) is 7. The summed E-state index contributed by atoms with van der Waals surface area (Å²) < 4.78 is 5.54. The Labute approximate surface area is 270 Å². The van der Waals surface area contributed by atoms with E-state index in [1.807, 2.05) is 27.7 Å². The first-order chi connectivity index (χ1) is 20.9. The van der Waals surface area contributed by atoms with Crippen molar-refractivity contribution in [3.63, 3.8) is 0 Å². The van der Waals surface area contributed by atoms with Gasteiger partial charge in [-0.2, -0.15) is 4.98 Å². The smallest absolute Gasteiger partial charge is 0.320 e. The van der Waals surface area contributed by atoms with Crippen LogP contribution in [0.5, 0.6) is 5.75 Å². The number of halogens is 2. The molecule has 0 unspecified atom stereocenters. The molecule has 0 saturated carbocycles. The van der Waals surface area contributed by atoms with E-state index in [4.69, 9.17) is 32.9 Å². The molecule has 3 rings (SSSR count). The molecule has 0 bridgehead atoms. The standard InChI is InChI=1S/C32H43Cl2N7O3/c1-9-20-18-23(44-8)27(34)25(26(20)33)22-17-21-19-35-30(37-28(21)36-29(22)38-31(43)39-32(5,6)7)41(24(42)10-2)16-14-13-15-40(11-3)12-4/h10,17-19H,2,9,11-16H2,1,3-8H3,(H2,35,36,37,38,39,43). The molecule has 1 aromatic carbocycles. The third kappa shape index (κ3) is 8.58. The first-order valence-electron chi connectivity index (χ1n) is 14.9.